The van der Waals surface area contributed by atoms with Crippen LogP contribution in [0.4, 0.5) is 5.69 Å². The average molecular weight is 337 g/mol. The Morgan fingerprint density at radius 3 is 2.84 bits per heavy atom. The summed E-state index contributed by atoms with van der Waals surface area (Å²) in [5.41, 5.74) is 8.19. The van der Waals surface area contributed by atoms with E-state index in [4.69, 9.17) is 5.73 Å². The lowest BCUT2D eigenvalue weighted by Crippen LogP contribution is -2.46. The first kappa shape index (κ1) is 12.8. The van der Waals surface area contributed by atoms with Gasteiger partial charge in [-0.25, -0.2) is 0 Å². The van der Waals surface area contributed by atoms with Gasteiger partial charge < -0.3 is 10.6 Å². The number of thiophene rings is 1. The van der Waals surface area contributed by atoms with E-state index in [1.54, 1.807) is 4.90 Å². The van der Waals surface area contributed by atoms with Gasteiger partial charge in [0.15, 0.2) is 0 Å². The molecule has 0 aliphatic carbocycles. The molecular formula is C14H13BrN2OS. The smallest absolute Gasteiger partial charge is 0.268 e. The highest BCUT2D eigenvalue weighted by atomic mass is 79.9. The predicted octanol–water partition coefficient (Wildman–Crippen LogP) is 3.04. The van der Waals surface area contributed by atoms with Gasteiger partial charge in [-0.2, -0.15) is 0 Å². The average Bonchev–Trinajstić information content (AvgIpc) is 2.83. The van der Waals surface area contributed by atoms with Crippen LogP contribution in [0.2, 0.25) is 0 Å². The number of carbonyl (C=O) groups excluding carboxylic acids is 1. The normalized spacial score (nSPS) is 18.2. The van der Waals surface area contributed by atoms with Gasteiger partial charge in [0.25, 0.3) is 5.91 Å². The van der Waals surface area contributed by atoms with E-state index in [1.165, 1.54) is 11.3 Å². The second kappa shape index (κ2) is 5.07. The molecule has 0 bridgehead atoms. The van der Waals surface area contributed by atoms with Gasteiger partial charge in [-0.05, 0) is 46.1 Å². The number of amides is 1. The minimum atomic E-state index is 0.00209. The lowest BCUT2D eigenvalue weighted by molar-refractivity contribution is 0.0987. The summed E-state index contributed by atoms with van der Waals surface area (Å²) in [6, 6.07) is 11.7. The monoisotopic (exact) mass is 336 g/mol. The highest BCUT2D eigenvalue weighted by Gasteiger charge is 2.27. The van der Waals surface area contributed by atoms with E-state index in [9.17, 15) is 4.79 Å². The molecule has 3 rings (SSSR count). The molecule has 1 atom stereocenters. The first-order valence-electron chi connectivity index (χ1n) is 6.06. The van der Waals surface area contributed by atoms with Crippen molar-refractivity contribution in [3.8, 4) is 0 Å². The molecule has 0 saturated heterocycles. The molecule has 0 fully saturated rings. The standard InChI is InChI=1S/C14H13BrN2OS/c15-13-6-5-12(19-13)14(18)17-8-10(16)7-9-3-1-2-4-11(9)17/h1-6,10H,7-8,16H2. The molecule has 2 N–H and O–H groups in total. The van der Waals surface area contributed by atoms with Gasteiger partial charge in [-0.15, -0.1) is 11.3 Å². The van der Waals surface area contributed by atoms with Crippen LogP contribution >= 0.6 is 27.3 Å². The van der Waals surface area contributed by atoms with Crippen LogP contribution in [-0.2, 0) is 6.42 Å². The molecule has 1 amide bonds. The van der Waals surface area contributed by atoms with Crippen LogP contribution < -0.4 is 10.6 Å². The minimum absolute atomic E-state index is 0.00209. The molecule has 1 unspecified atom stereocenters. The molecule has 0 radical (unpaired) electrons. The number of nitrogens with zero attached hydrogens (tertiary/aromatic N) is 1. The molecule has 1 aromatic carbocycles. The molecule has 19 heavy (non-hydrogen) atoms. The highest BCUT2D eigenvalue weighted by molar-refractivity contribution is 9.11. The van der Waals surface area contributed by atoms with Crippen LogP contribution in [-0.4, -0.2) is 18.5 Å². The summed E-state index contributed by atoms with van der Waals surface area (Å²) in [4.78, 5) is 15.1. The van der Waals surface area contributed by atoms with Crippen LogP contribution in [0.5, 0.6) is 0 Å². The molecule has 0 saturated carbocycles. The first-order valence-corrected chi connectivity index (χ1v) is 7.67. The predicted molar refractivity (Wildman–Crippen MR) is 81.8 cm³/mol. The molecule has 1 aliphatic rings. The number of benzene rings is 1. The van der Waals surface area contributed by atoms with E-state index in [-0.39, 0.29) is 11.9 Å². The fraction of sp³-hybridized carbons (Fsp3) is 0.214. The molecule has 1 aromatic heterocycles. The van der Waals surface area contributed by atoms with Gasteiger partial charge in [0.1, 0.15) is 0 Å². The van der Waals surface area contributed by atoms with Gasteiger partial charge in [0, 0.05) is 18.3 Å². The van der Waals surface area contributed by atoms with Gasteiger partial charge in [0.2, 0.25) is 0 Å². The molecular weight excluding hydrogens is 324 g/mol. The Morgan fingerprint density at radius 1 is 1.32 bits per heavy atom. The van der Waals surface area contributed by atoms with Crippen molar-refractivity contribution in [2.45, 2.75) is 12.5 Å². The van der Waals surface area contributed by atoms with E-state index in [0.29, 0.717) is 6.54 Å². The van der Waals surface area contributed by atoms with Crippen molar-refractivity contribution in [3.63, 3.8) is 0 Å². The molecule has 5 heteroatoms. The van der Waals surface area contributed by atoms with Gasteiger partial charge >= 0.3 is 0 Å². The summed E-state index contributed by atoms with van der Waals surface area (Å²) in [6.45, 7) is 0.575. The molecule has 1 aliphatic heterocycles. The quantitative estimate of drug-likeness (QED) is 0.869. The SMILES string of the molecule is NC1Cc2ccccc2N(C(=O)c2ccc(Br)s2)C1. The van der Waals surface area contributed by atoms with E-state index in [0.717, 1.165) is 26.3 Å². The van der Waals surface area contributed by atoms with Crippen LogP contribution in [0.25, 0.3) is 0 Å². The number of anilines is 1. The summed E-state index contributed by atoms with van der Waals surface area (Å²) in [5.74, 6) is 0.0262. The lowest BCUT2D eigenvalue weighted by Gasteiger charge is -2.32. The summed E-state index contributed by atoms with van der Waals surface area (Å²) in [6.07, 6.45) is 0.827. The number of hydrogen-bond acceptors (Lipinski definition) is 3. The number of fused-ring (bicyclic) bond motifs is 1. The summed E-state index contributed by atoms with van der Waals surface area (Å²) < 4.78 is 0.963. The van der Waals surface area contributed by atoms with Gasteiger partial charge in [0.05, 0.1) is 8.66 Å². The second-order valence-electron chi connectivity index (χ2n) is 4.61. The lowest BCUT2D eigenvalue weighted by atomic mass is 9.98. The van der Waals surface area contributed by atoms with E-state index in [2.05, 4.69) is 15.9 Å². The Bertz CT molecular complexity index is 625. The van der Waals surface area contributed by atoms with E-state index in [1.807, 2.05) is 36.4 Å². The number of para-hydroxylation sites is 1. The van der Waals surface area contributed by atoms with Crippen molar-refractivity contribution < 1.29 is 4.79 Å². The van der Waals surface area contributed by atoms with Crippen molar-refractivity contribution in [1.29, 1.82) is 0 Å². The number of rotatable bonds is 1. The molecule has 2 aromatic rings. The Morgan fingerprint density at radius 2 is 2.11 bits per heavy atom. The number of nitrogens with two attached hydrogens (primary N) is 1. The zero-order valence-corrected chi connectivity index (χ0v) is 12.6. The van der Waals surface area contributed by atoms with Crippen molar-refractivity contribution in [3.05, 3.63) is 50.6 Å². The van der Waals surface area contributed by atoms with Crippen molar-refractivity contribution in [1.82, 2.24) is 0 Å². The first-order chi connectivity index (χ1) is 9.15. The van der Waals surface area contributed by atoms with Crippen LogP contribution in [0.15, 0.2) is 40.2 Å². The maximum atomic E-state index is 12.6. The largest absolute Gasteiger partial charge is 0.326 e. The third kappa shape index (κ3) is 2.45. The highest BCUT2D eigenvalue weighted by Crippen LogP contribution is 2.30. The van der Waals surface area contributed by atoms with Crippen molar-refractivity contribution in [2.75, 3.05) is 11.4 Å². The summed E-state index contributed by atoms with van der Waals surface area (Å²) in [7, 11) is 0. The van der Waals surface area contributed by atoms with E-state index < -0.39 is 0 Å². The zero-order chi connectivity index (χ0) is 13.4. The number of carbonyl (C=O) groups is 1. The van der Waals surface area contributed by atoms with Gasteiger partial charge in [-0.1, -0.05) is 18.2 Å². The summed E-state index contributed by atoms with van der Waals surface area (Å²) in [5, 5.41) is 0. The Labute approximate surface area is 124 Å². The molecule has 0 spiro atoms. The molecule has 3 nitrogen and oxygen atoms in total. The third-order valence-electron chi connectivity index (χ3n) is 3.21. The van der Waals surface area contributed by atoms with Crippen LogP contribution in [0, 0.1) is 0 Å². The second-order valence-corrected chi connectivity index (χ2v) is 7.08. The van der Waals surface area contributed by atoms with Gasteiger partial charge in [-0.3, -0.25) is 4.79 Å². The number of hydrogen-bond donors (Lipinski definition) is 1. The Balaban J connectivity index is 1.99. The maximum absolute atomic E-state index is 12.6. The maximum Gasteiger partial charge on any atom is 0.268 e. The topological polar surface area (TPSA) is 46.3 Å². The van der Waals surface area contributed by atoms with Crippen LogP contribution in [0.3, 0.4) is 0 Å². The fourth-order valence-corrected chi connectivity index (χ4v) is 3.72. The Kier molecular flexibility index (Phi) is 3.43. The summed E-state index contributed by atoms with van der Waals surface area (Å²) >= 11 is 4.84. The van der Waals surface area contributed by atoms with Crippen molar-refractivity contribution >= 4 is 38.9 Å². The molecule has 98 valence electrons. The molecule has 2 heterocycles. The number of halogens is 1. The fourth-order valence-electron chi connectivity index (χ4n) is 2.38. The van der Waals surface area contributed by atoms with E-state index >= 15 is 0 Å². The van der Waals surface area contributed by atoms with Crippen molar-refractivity contribution in [2.24, 2.45) is 5.73 Å². The Hall–Kier alpha value is -1.17. The zero-order valence-electron chi connectivity index (χ0n) is 10.2. The third-order valence-corrected chi connectivity index (χ3v) is 4.82. The minimum Gasteiger partial charge on any atom is -0.326 e. The van der Waals surface area contributed by atoms with Crippen LogP contribution in [0.1, 0.15) is 15.2 Å².